The second-order valence-corrected chi connectivity index (χ2v) is 5.38. The third-order valence-corrected chi connectivity index (χ3v) is 4.26. The minimum Gasteiger partial charge on any atom is -0.0888 e. The van der Waals surface area contributed by atoms with Crippen molar-refractivity contribution in [3.63, 3.8) is 0 Å². The van der Waals surface area contributed by atoms with Crippen molar-refractivity contribution in [1.29, 1.82) is 0 Å². The summed E-state index contributed by atoms with van der Waals surface area (Å²) in [5.74, 6) is 0. The molecule has 1 heteroatoms. The zero-order chi connectivity index (χ0) is 11.8. The van der Waals surface area contributed by atoms with Crippen molar-refractivity contribution in [1.82, 2.24) is 0 Å². The van der Waals surface area contributed by atoms with Gasteiger partial charge >= 0.3 is 0 Å². The van der Waals surface area contributed by atoms with Gasteiger partial charge in [-0.3, -0.25) is 0 Å². The highest BCUT2D eigenvalue weighted by Crippen LogP contribution is 2.45. The van der Waals surface area contributed by atoms with Crippen LogP contribution in [0.15, 0.2) is 58.3 Å². The Morgan fingerprint density at radius 3 is 2.53 bits per heavy atom. The maximum Gasteiger partial charge on any atom is 0.0201 e. The van der Waals surface area contributed by atoms with Gasteiger partial charge in [0.25, 0.3) is 0 Å². The Morgan fingerprint density at radius 1 is 0.941 bits per heavy atom. The number of fused-ring (bicyclic) bond motifs is 2. The standard InChI is InChI=1S/C16H14S/c1-3-12-13-6-4-5-7-15(13)17-16-9-8-11(2)10-14(12)16/h3-10H,1-2H3/b12-3-. The van der Waals surface area contributed by atoms with Crippen molar-refractivity contribution in [2.75, 3.05) is 0 Å². The number of allylic oxidation sites excluding steroid dienone is 1. The fourth-order valence-electron chi connectivity index (χ4n) is 2.30. The van der Waals surface area contributed by atoms with Gasteiger partial charge in [0.05, 0.1) is 0 Å². The first-order valence-corrected chi connectivity index (χ1v) is 6.66. The summed E-state index contributed by atoms with van der Waals surface area (Å²) in [4.78, 5) is 2.72. The normalized spacial score (nSPS) is 15.5. The molecule has 2 aromatic rings. The molecule has 0 fully saturated rings. The van der Waals surface area contributed by atoms with Gasteiger partial charge in [-0.1, -0.05) is 53.7 Å². The molecule has 0 saturated heterocycles. The van der Waals surface area contributed by atoms with E-state index in [1.807, 2.05) is 11.8 Å². The smallest absolute Gasteiger partial charge is 0.0201 e. The van der Waals surface area contributed by atoms with Crippen molar-refractivity contribution in [3.8, 4) is 0 Å². The maximum absolute atomic E-state index is 2.29. The third-order valence-electron chi connectivity index (χ3n) is 3.11. The van der Waals surface area contributed by atoms with Crippen LogP contribution in [0.25, 0.3) is 5.57 Å². The first-order chi connectivity index (χ1) is 8.29. The zero-order valence-corrected chi connectivity index (χ0v) is 10.8. The lowest BCUT2D eigenvalue weighted by Crippen LogP contribution is -1.98. The van der Waals surface area contributed by atoms with E-state index in [4.69, 9.17) is 0 Å². The van der Waals surface area contributed by atoms with Crippen LogP contribution in [0.3, 0.4) is 0 Å². The minimum atomic E-state index is 1.32. The van der Waals surface area contributed by atoms with Crippen molar-refractivity contribution in [2.45, 2.75) is 23.6 Å². The summed E-state index contributed by atoms with van der Waals surface area (Å²) < 4.78 is 0. The van der Waals surface area contributed by atoms with Gasteiger partial charge in [0.15, 0.2) is 0 Å². The average Bonchev–Trinajstić information content (AvgIpc) is 2.36. The van der Waals surface area contributed by atoms with Crippen LogP contribution in [0.4, 0.5) is 0 Å². The molecule has 0 radical (unpaired) electrons. The molecule has 1 aliphatic rings. The highest BCUT2D eigenvalue weighted by Gasteiger charge is 2.19. The van der Waals surface area contributed by atoms with E-state index in [9.17, 15) is 0 Å². The molecule has 1 heterocycles. The van der Waals surface area contributed by atoms with Crippen LogP contribution in [0.1, 0.15) is 23.6 Å². The van der Waals surface area contributed by atoms with E-state index in [0.29, 0.717) is 0 Å². The molecule has 1 aliphatic heterocycles. The van der Waals surface area contributed by atoms with Crippen LogP contribution in [-0.2, 0) is 0 Å². The average molecular weight is 238 g/mol. The number of benzene rings is 2. The summed E-state index contributed by atoms with van der Waals surface area (Å²) in [5.41, 5.74) is 5.41. The molecule has 0 N–H and O–H groups in total. The minimum absolute atomic E-state index is 1.32. The van der Waals surface area contributed by atoms with E-state index in [0.717, 1.165) is 0 Å². The lowest BCUT2D eigenvalue weighted by molar-refractivity contribution is 1.26. The predicted octanol–water partition coefficient (Wildman–Crippen LogP) is 4.91. The summed E-state index contributed by atoms with van der Waals surface area (Å²) in [7, 11) is 0. The van der Waals surface area contributed by atoms with E-state index in [2.05, 4.69) is 62.4 Å². The van der Waals surface area contributed by atoms with Crippen LogP contribution in [0, 0.1) is 6.92 Å². The molecular weight excluding hydrogens is 224 g/mol. The molecule has 0 spiro atoms. The Balaban J connectivity index is 2.27. The number of rotatable bonds is 0. The third kappa shape index (κ3) is 1.71. The monoisotopic (exact) mass is 238 g/mol. The van der Waals surface area contributed by atoms with E-state index in [-0.39, 0.29) is 0 Å². The molecule has 0 unspecified atom stereocenters. The maximum atomic E-state index is 2.29. The van der Waals surface area contributed by atoms with Gasteiger partial charge in [0.1, 0.15) is 0 Å². The first kappa shape index (κ1) is 10.7. The number of hydrogen-bond acceptors (Lipinski definition) is 1. The van der Waals surface area contributed by atoms with Gasteiger partial charge in [-0.15, -0.1) is 0 Å². The van der Waals surface area contributed by atoms with Crippen molar-refractivity contribution >= 4 is 17.3 Å². The Kier molecular flexibility index (Phi) is 2.56. The van der Waals surface area contributed by atoms with Crippen LogP contribution in [0.5, 0.6) is 0 Å². The van der Waals surface area contributed by atoms with Crippen LogP contribution in [-0.4, -0.2) is 0 Å². The van der Waals surface area contributed by atoms with Gasteiger partial charge in [-0.2, -0.15) is 0 Å². The number of hydrogen-bond donors (Lipinski definition) is 0. The molecule has 0 atom stereocenters. The molecule has 0 saturated carbocycles. The van der Waals surface area contributed by atoms with Crippen LogP contribution in [0.2, 0.25) is 0 Å². The molecule has 17 heavy (non-hydrogen) atoms. The SMILES string of the molecule is C/C=C1/c2ccccc2Sc2ccc(C)cc21. The van der Waals surface area contributed by atoms with E-state index >= 15 is 0 Å². The van der Waals surface area contributed by atoms with Gasteiger partial charge in [-0.25, -0.2) is 0 Å². The fraction of sp³-hybridized carbons (Fsp3) is 0.125. The lowest BCUT2D eigenvalue weighted by atomic mass is 9.96. The lowest BCUT2D eigenvalue weighted by Gasteiger charge is -2.22. The molecule has 0 amide bonds. The van der Waals surface area contributed by atoms with Crippen LogP contribution < -0.4 is 0 Å². The van der Waals surface area contributed by atoms with E-state index < -0.39 is 0 Å². The van der Waals surface area contributed by atoms with Gasteiger partial charge < -0.3 is 0 Å². The molecule has 0 aliphatic carbocycles. The summed E-state index contributed by atoms with van der Waals surface area (Å²) in [5, 5.41) is 0. The summed E-state index contributed by atoms with van der Waals surface area (Å²) in [6.07, 6.45) is 2.22. The Labute approximate surface area is 106 Å². The fourth-order valence-corrected chi connectivity index (χ4v) is 3.38. The largest absolute Gasteiger partial charge is 0.0888 e. The van der Waals surface area contributed by atoms with E-state index in [1.165, 1.54) is 32.1 Å². The Hall–Kier alpha value is -1.47. The quantitative estimate of drug-likeness (QED) is 0.536. The van der Waals surface area contributed by atoms with Crippen molar-refractivity contribution in [3.05, 3.63) is 65.2 Å². The Bertz CT molecular complexity index is 609. The summed E-state index contributed by atoms with van der Waals surface area (Å²) >= 11 is 1.87. The second kappa shape index (κ2) is 4.08. The predicted molar refractivity (Wildman–Crippen MR) is 74.5 cm³/mol. The van der Waals surface area contributed by atoms with Gasteiger partial charge in [-0.05, 0) is 42.7 Å². The first-order valence-electron chi connectivity index (χ1n) is 5.84. The molecule has 84 valence electrons. The molecule has 0 nitrogen and oxygen atoms in total. The molecule has 0 bridgehead atoms. The van der Waals surface area contributed by atoms with Gasteiger partial charge in [0.2, 0.25) is 0 Å². The topological polar surface area (TPSA) is 0 Å². The van der Waals surface area contributed by atoms with Crippen molar-refractivity contribution < 1.29 is 0 Å². The summed E-state index contributed by atoms with van der Waals surface area (Å²) in [6, 6.07) is 15.3. The Morgan fingerprint density at radius 2 is 1.71 bits per heavy atom. The van der Waals surface area contributed by atoms with Gasteiger partial charge in [0, 0.05) is 9.79 Å². The van der Waals surface area contributed by atoms with Crippen LogP contribution >= 0.6 is 11.8 Å². The second-order valence-electron chi connectivity index (χ2n) is 4.30. The summed E-state index contributed by atoms with van der Waals surface area (Å²) in [6.45, 7) is 4.27. The molecule has 0 aromatic heterocycles. The highest BCUT2D eigenvalue weighted by molar-refractivity contribution is 7.99. The molecular formula is C16H14S. The molecule has 2 aromatic carbocycles. The number of aryl methyl sites for hydroxylation is 1. The molecule has 3 rings (SSSR count). The van der Waals surface area contributed by atoms with E-state index in [1.54, 1.807) is 0 Å². The zero-order valence-electron chi connectivity index (χ0n) is 10.0. The van der Waals surface area contributed by atoms with Crippen molar-refractivity contribution in [2.24, 2.45) is 0 Å². The highest BCUT2D eigenvalue weighted by atomic mass is 32.2.